The number of carbonyl (C=O) groups is 1. The third-order valence-electron chi connectivity index (χ3n) is 3.93. The van der Waals surface area contributed by atoms with E-state index in [2.05, 4.69) is 10.0 Å². The molecular weight excluding hydrogens is 374 g/mol. The number of amides is 1. The average Bonchev–Trinajstić information content (AvgIpc) is 2.57. The van der Waals surface area contributed by atoms with Gasteiger partial charge < -0.3 is 5.32 Å². The molecule has 2 aromatic rings. The summed E-state index contributed by atoms with van der Waals surface area (Å²) in [5, 5.41) is 2.92. The lowest BCUT2D eigenvalue weighted by Crippen LogP contribution is -2.43. The summed E-state index contributed by atoms with van der Waals surface area (Å²) < 4.78 is 53.0. The molecule has 8 heteroatoms. The second-order valence-electron chi connectivity index (χ2n) is 6.85. The molecule has 2 rings (SSSR count). The molecule has 0 aliphatic heterocycles. The largest absolute Gasteiger partial charge is 0.347 e. The lowest BCUT2D eigenvalue weighted by molar-refractivity contribution is 0.0909. The van der Waals surface area contributed by atoms with Gasteiger partial charge in [0.15, 0.2) is 11.6 Å². The zero-order valence-electron chi connectivity index (χ0n) is 15.3. The molecule has 0 aromatic heterocycles. The van der Waals surface area contributed by atoms with Gasteiger partial charge in [-0.2, -0.15) is 0 Å². The van der Waals surface area contributed by atoms with E-state index in [1.165, 1.54) is 24.3 Å². The lowest BCUT2D eigenvalue weighted by Gasteiger charge is -2.25. The summed E-state index contributed by atoms with van der Waals surface area (Å²) in [6, 6.07) is 8.16. The SMILES string of the molecule is CCCC(C)(C)NC(=O)c1ccc(NS(=O)(=O)c2ccc(F)c(F)c2)cc1. The second-order valence-corrected chi connectivity index (χ2v) is 8.53. The number of sulfonamides is 1. The molecule has 2 N–H and O–H groups in total. The maximum Gasteiger partial charge on any atom is 0.261 e. The number of halogens is 2. The van der Waals surface area contributed by atoms with Crippen molar-refractivity contribution >= 4 is 21.6 Å². The highest BCUT2D eigenvalue weighted by atomic mass is 32.2. The average molecular weight is 396 g/mol. The topological polar surface area (TPSA) is 75.3 Å². The molecule has 0 aliphatic rings. The third-order valence-corrected chi connectivity index (χ3v) is 5.31. The quantitative estimate of drug-likeness (QED) is 0.741. The Kier molecular flexibility index (Phi) is 6.20. The summed E-state index contributed by atoms with van der Waals surface area (Å²) >= 11 is 0. The molecule has 0 aliphatic carbocycles. The Morgan fingerprint density at radius 3 is 2.22 bits per heavy atom. The predicted octanol–water partition coefficient (Wildman–Crippen LogP) is 4.07. The molecular formula is C19H22F2N2O3S. The monoisotopic (exact) mass is 396 g/mol. The van der Waals surface area contributed by atoms with Crippen molar-refractivity contribution in [2.75, 3.05) is 4.72 Å². The Labute approximate surface area is 157 Å². The van der Waals surface area contributed by atoms with Crippen LogP contribution in [0.25, 0.3) is 0 Å². The fourth-order valence-electron chi connectivity index (χ4n) is 2.61. The fourth-order valence-corrected chi connectivity index (χ4v) is 3.68. The molecule has 27 heavy (non-hydrogen) atoms. The lowest BCUT2D eigenvalue weighted by atomic mass is 9.98. The number of benzene rings is 2. The van der Waals surface area contributed by atoms with Crippen LogP contribution >= 0.6 is 0 Å². The number of hydrogen-bond donors (Lipinski definition) is 2. The molecule has 0 saturated carbocycles. The molecule has 0 heterocycles. The van der Waals surface area contributed by atoms with Crippen LogP contribution in [0.15, 0.2) is 47.4 Å². The minimum absolute atomic E-state index is 0.198. The van der Waals surface area contributed by atoms with Gasteiger partial charge >= 0.3 is 0 Å². The van der Waals surface area contributed by atoms with Gasteiger partial charge in [0, 0.05) is 16.8 Å². The van der Waals surface area contributed by atoms with Crippen LogP contribution in [0.4, 0.5) is 14.5 Å². The first-order valence-electron chi connectivity index (χ1n) is 8.44. The van der Waals surface area contributed by atoms with Gasteiger partial charge in [0.2, 0.25) is 0 Å². The smallest absolute Gasteiger partial charge is 0.261 e. The normalized spacial score (nSPS) is 11.9. The molecule has 146 valence electrons. The summed E-state index contributed by atoms with van der Waals surface area (Å²) in [5.74, 6) is -2.64. The van der Waals surface area contributed by atoms with Crippen LogP contribution in [-0.4, -0.2) is 19.9 Å². The Bertz CT molecular complexity index is 926. The first-order chi connectivity index (χ1) is 12.5. The zero-order chi connectivity index (χ0) is 20.2. The Hall–Kier alpha value is -2.48. The van der Waals surface area contributed by atoms with Crippen molar-refractivity contribution in [3.63, 3.8) is 0 Å². The Balaban J connectivity index is 2.13. The maximum absolute atomic E-state index is 13.3. The van der Waals surface area contributed by atoms with Crippen LogP contribution in [-0.2, 0) is 10.0 Å². The van der Waals surface area contributed by atoms with E-state index in [0.717, 1.165) is 25.0 Å². The van der Waals surface area contributed by atoms with Crippen molar-refractivity contribution in [3.8, 4) is 0 Å². The van der Waals surface area contributed by atoms with E-state index in [1.54, 1.807) is 0 Å². The van der Waals surface area contributed by atoms with Crippen LogP contribution < -0.4 is 10.0 Å². The van der Waals surface area contributed by atoms with Crippen LogP contribution in [0, 0.1) is 11.6 Å². The van der Waals surface area contributed by atoms with E-state index in [9.17, 15) is 22.0 Å². The highest BCUT2D eigenvalue weighted by Gasteiger charge is 2.20. The summed E-state index contributed by atoms with van der Waals surface area (Å²) in [5.41, 5.74) is 0.234. The third kappa shape index (κ3) is 5.50. The number of carbonyl (C=O) groups excluding carboxylic acids is 1. The number of rotatable bonds is 7. The van der Waals surface area contributed by atoms with E-state index in [0.29, 0.717) is 11.6 Å². The summed E-state index contributed by atoms with van der Waals surface area (Å²) in [6.45, 7) is 5.89. The maximum atomic E-state index is 13.3. The molecule has 2 aromatic carbocycles. The van der Waals surface area contributed by atoms with Gasteiger partial charge in [0.05, 0.1) is 4.90 Å². The number of nitrogens with one attached hydrogen (secondary N) is 2. The van der Waals surface area contributed by atoms with Crippen LogP contribution in [0.2, 0.25) is 0 Å². The predicted molar refractivity (Wildman–Crippen MR) is 100 cm³/mol. The van der Waals surface area contributed by atoms with Gasteiger partial charge in [-0.1, -0.05) is 13.3 Å². The van der Waals surface area contributed by atoms with Crippen molar-refractivity contribution in [2.45, 2.75) is 44.0 Å². The zero-order valence-corrected chi connectivity index (χ0v) is 16.2. The highest BCUT2D eigenvalue weighted by Crippen LogP contribution is 2.19. The minimum atomic E-state index is -4.08. The van der Waals surface area contributed by atoms with Gasteiger partial charge in [-0.15, -0.1) is 0 Å². The van der Waals surface area contributed by atoms with Gasteiger partial charge in [-0.05, 0) is 62.7 Å². The van der Waals surface area contributed by atoms with E-state index < -0.39 is 26.6 Å². The number of anilines is 1. The van der Waals surface area contributed by atoms with E-state index >= 15 is 0 Å². The van der Waals surface area contributed by atoms with Crippen molar-refractivity contribution in [1.82, 2.24) is 5.32 Å². The van der Waals surface area contributed by atoms with Crippen LogP contribution in [0.1, 0.15) is 44.0 Å². The van der Waals surface area contributed by atoms with Crippen molar-refractivity contribution in [1.29, 1.82) is 0 Å². The Morgan fingerprint density at radius 2 is 1.67 bits per heavy atom. The molecule has 0 saturated heterocycles. The minimum Gasteiger partial charge on any atom is -0.347 e. The van der Waals surface area contributed by atoms with E-state index in [1.807, 2.05) is 20.8 Å². The van der Waals surface area contributed by atoms with Gasteiger partial charge in [-0.25, -0.2) is 17.2 Å². The van der Waals surface area contributed by atoms with E-state index in [4.69, 9.17) is 0 Å². The summed E-state index contributed by atoms with van der Waals surface area (Å²) in [6.07, 6.45) is 1.75. The van der Waals surface area contributed by atoms with Gasteiger partial charge in [0.1, 0.15) is 0 Å². The first kappa shape index (κ1) is 20.8. The fraction of sp³-hybridized carbons (Fsp3) is 0.316. The van der Waals surface area contributed by atoms with Crippen molar-refractivity contribution in [3.05, 3.63) is 59.7 Å². The molecule has 0 unspecified atom stereocenters. The van der Waals surface area contributed by atoms with Gasteiger partial charge in [0.25, 0.3) is 15.9 Å². The van der Waals surface area contributed by atoms with Crippen molar-refractivity contribution < 1.29 is 22.0 Å². The second kappa shape index (κ2) is 8.04. The molecule has 0 atom stereocenters. The van der Waals surface area contributed by atoms with E-state index in [-0.39, 0.29) is 17.1 Å². The number of hydrogen-bond acceptors (Lipinski definition) is 3. The molecule has 0 radical (unpaired) electrons. The van der Waals surface area contributed by atoms with Gasteiger partial charge in [-0.3, -0.25) is 9.52 Å². The van der Waals surface area contributed by atoms with Crippen LogP contribution in [0.3, 0.4) is 0 Å². The molecule has 5 nitrogen and oxygen atoms in total. The highest BCUT2D eigenvalue weighted by molar-refractivity contribution is 7.92. The first-order valence-corrected chi connectivity index (χ1v) is 9.93. The Morgan fingerprint density at radius 1 is 1.04 bits per heavy atom. The summed E-state index contributed by atoms with van der Waals surface area (Å²) in [7, 11) is -4.08. The standard InChI is InChI=1S/C19H22F2N2O3S/c1-4-11-19(2,3)22-18(24)13-5-7-14(8-6-13)23-27(25,26)15-9-10-16(20)17(21)12-15/h5-10,12,23H,4,11H2,1-3H3,(H,22,24). The van der Waals surface area contributed by atoms with Crippen LogP contribution in [0.5, 0.6) is 0 Å². The summed E-state index contributed by atoms with van der Waals surface area (Å²) in [4.78, 5) is 11.9. The molecule has 0 fully saturated rings. The molecule has 1 amide bonds. The molecule has 0 spiro atoms. The molecule has 0 bridgehead atoms. The van der Waals surface area contributed by atoms with Crippen molar-refractivity contribution in [2.24, 2.45) is 0 Å².